The van der Waals surface area contributed by atoms with Gasteiger partial charge < -0.3 is 20.3 Å². The maximum Gasteiger partial charge on any atom is 2.00 e. The van der Waals surface area contributed by atoms with Crippen LogP contribution in [0.5, 0.6) is 0 Å². The Kier molecular flexibility index (Phi) is 5.91. The molecule has 0 saturated carbocycles. The van der Waals surface area contributed by atoms with E-state index in [4.69, 9.17) is 4.99 Å². The van der Waals surface area contributed by atoms with Gasteiger partial charge in [-0.25, -0.2) is 0 Å². The number of hydrogen-bond acceptors (Lipinski definition) is 4. The molecule has 0 N–H and O–H groups in total. The molecule has 0 unspecified atom stereocenters. The Morgan fingerprint density at radius 1 is 0.667 bits per heavy atom. The second kappa shape index (κ2) is 8.93. The average Bonchev–Trinajstić information content (AvgIpc) is 3.12. The summed E-state index contributed by atoms with van der Waals surface area (Å²) in [5.41, 5.74) is 4.33. The van der Waals surface area contributed by atoms with Crippen molar-refractivity contribution in [3.8, 4) is 11.3 Å². The van der Waals surface area contributed by atoms with Crippen LogP contribution in [0.15, 0.2) is 101 Å². The molecule has 6 heteroatoms. The number of amidine groups is 2. The van der Waals surface area contributed by atoms with E-state index in [1.807, 2.05) is 78.9 Å². The van der Waals surface area contributed by atoms with Crippen LogP contribution < -0.4 is 0 Å². The molecule has 3 heterocycles. The van der Waals surface area contributed by atoms with E-state index in [2.05, 4.69) is 26.3 Å². The maximum absolute atomic E-state index is 4.74. The molecule has 0 bridgehead atoms. The smallest absolute Gasteiger partial charge is 0.381 e. The fourth-order valence-electron chi connectivity index (χ4n) is 3.10. The molecule has 0 amide bonds. The predicted molar refractivity (Wildman–Crippen MR) is 115 cm³/mol. The van der Waals surface area contributed by atoms with Gasteiger partial charge in [0.2, 0.25) is 0 Å². The number of aromatic nitrogens is 2. The van der Waals surface area contributed by atoms with Crippen molar-refractivity contribution in [2.45, 2.75) is 0 Å². The first kappa shape index (κ1) is 19.9. The Hall–Kier alpha value is -3.43. The first-order valence-electron chi connectivity index (χ1n) is 9.20. The van der Waals surface area contributed by atoms with Gasteiger partial charge in [0, 0.05) is 24.1 Å². The van der Waals surface area contributed by atoms with Crippen LogP contribution >= 0.6 is 0 Å². The molecule has 1 aliphatic rings. The minimum Gasteiger partial charge on any atom is -0.381 e. The van der Waals surface area contributed by atoms with Crippen LogP contribution in [0.25, 0.3) is 16.6 Å². The summed E-state index contributed by atoms with van der Waals surface area (Å²) in [7, 11) is 0. The molecule has 2 aromatic heterocycles. The van der Waals surface area contributed by atoms with Crippen molar-refractivity contribution in [3.05, 3.63) is 114 Å². The summed E-state index contributed by atoms with van der Waals surface area (Å²) >= 11 is 0. The van der Waals surface area contributed by atoms with Gasteiger partial charge in [-0.15, -0.1) is 29.8 Å². The van der Waals surface area contributed by atoms with E-state index < -0.39 is 0 Å². The van der Waals surface area contributed by atoms with E-state index in [0.717, 1.165) is 22.4 Å². The number of fused-ring (bicyclic) bond motifs is 1. The van der Waals surface area contributed by atoms with Crippen LogP contribution in [-0.2, 0) is 21.1 Å². The van der Waals surface area contributed by atoms with Crippen molar-refractivity contribution in [2.75, 3.05) is 0 Å². The average molecular weight is 568 g/mol. The van der Waals surface area contributed by atoms with Crippen LogP contribution in [0.3, 0.4) is 0 Å². The van der Waals surface area contributed by atoms with Crippen molar-refractivity contribution < 1.29 is 21.1 Å². The van der Waals surface area contributed by atoms with Crippen LogP contribution in [0, 0.1) is 6.07 Å². The number of rotatable bonds is 3. The van der Waals surface area contributed by atoms with E-state index in [1.165, 1.54) is 0 Å². The monoisotopic (exact) mass is 568 g/mol. The molecule has 0 radical (unpaired) electrons. The molecule has 1 aliphatic heterocycles. The van der Waals surface area contributed by atoms with Crippen molar-refractivity contribution in [3.63, 3.8) is 0 Å². The maximum atomic E-state index is 4.74. The van der Waals surface area contributed by atoms with E-state index in [-0.39, 0.29) is 21.1 Å². The number of aliphatic imine (C=N–C) groups is 2. The summed E-state index contributed by atoms with van der Waals surface area (Å²) in [5, 5.41) is 4.67. The molecule has 0 spiro atoms. The molecule has 0 aliphatic carbocycles. The predicted octanol–water partition coefficient (Wildman–Crippen LogP) is 5.49. The molecule has 2 aromatic carbocycles. The number of benzene rings is 2. The number of pyridine rings is 2. The summed E-state index contributed by atoms with van der Waals surface area (Å²) in [4.78, 5) is 18.0. The third-order valence-electron chi connectivity index (χ3n) is 4.44. The van der Waals surface area contributed by atoms with Gasteiger partial charge in [-0.05, 0) is 35.0 Å². The van der Waals surface area contributed by atoms with Crippen molar-refractivity contribution in [1.82, 2.24) is 9.97 Å². The zero-order valence-corrected chi connectivity index (χ0v) is 18.0. The summed E-state index contributed by atoms with van der Waals surface area (Å²) in [5.74, 6) is 1.84. The summed E-state index contributed by atoms with van der Waals surface area (Å²) in [6.45, 7) is 0. The first-order chi connectivity index (χ1) is 14.4. The molecule has 5 rings (SSSR count). The molecule has 0 fully saturated rings. The van der Waals surface area contributed by atoms with E-state index in [0.29, 0.717) is 23.2 Å². The van der Waals surface area contributed by atoms with Gasteiger partial charge in [0.1, 0.15) is 0 Å². The minimum atomic E-state index is 0. The van der Waals surface area contributed by atoms with Crippen LogP contribution in [0.2, 0.25) is 0 Å². The van der Waals surface area contributed by atoms with E-state index in [1.54, 1.807) is 12.4 Å². The Morgan fingerprint density at radius 3 is 2.07 bits per heavy atom. The molecule has 5 nitrogen and oxygen atoms in total. The second-order valence-corrected chi connectivity index (χ2v) is 6.38. The molecule has 0 atom stereocenters. The van der Waals surface area contributed by atoms with E-state index >= 15 is 0 Å². The Balaban J connectivity index is 0.00000218. The van der Waals surface area contributed by atoms with Gasteiger partial charge in [-0.3, -0.25) is 4.98 Å². The molecular formula is C24H15N5Pt. The number of nitrogens with zero attached hydrogens (tertiary/aromatic N) is 5. The summed E-state index contributed by atoms with van der Waals surface area (Å²) in [6.07, 6.45) is 3.48. The zero-order valence-electron chi connectivity index (χ0n) is 15.7. The van der Waals surface area contributed by atoms with Gasteiger partial charge in [0.25, 0.3) is 0 Å². The summed E-state index contributed by atoms with van der Waals surface area (Å²) < 4.78 is 0. The second-order valence-electron chi connectivity index (χ2n) is 6.38. The zero-order chi connectivity index (χ0) is 19.5. The van der Waals surface area contributed by atoms with Crippen molar-refractivity contribution >= 4 is 23.2 Å². The number of hydrogen-bond donors (Lipinski definition) is 0. The first-order valence-corrected chi connectivity index (χ1v) is 9.20. The third kappa shape index (κ3) is 4.12. The van der Waals surface area contributed by atoms with Crippen LogP contribution in [0.1, 0.15) is 11.1 Å². The largest absolute Gasteiger partial charge is 2.00 e. The fourth-order valence-corrected chi connectivity index (χ4v) is 3.10. The minimum absolute atomic E-state index is 0. The molecule has 0 saturated heterocycles. The van der Waals surface area contributed by atoms with Gasteiger partial charge in [0.15, 0.2) is 0 Å². The van der Waals surface area contributed by atoms with E-state index in [9.17, 15) is 0 Å². The quantitative estimate of drug-likeness (QED) is 0.307. The molecule has 4 aromatic rings. The standard InChI is InChI=1S/C24H15N5.Pt/c1-2-11-20-19(10-1)23(29-24(20)28-22-13-4-6-15-26-22)27-18-9-7-8-17(16-18)21-12-3-5-14-25-21;/h1-15H;/q-2;+2. The van der Waals surface area contributed by atoms with Crippen LogP contribution in [0.4, 0.5) is 11.5 Å². The fraction of sp³-hybridized carbons (Fsp3) is 0. The Labute approximate surface area is 188 Å². The van der Waals surface area contributed by atoms with Gasteiger partial charge in [-0.2, -0.15) is 0 Å². The van der Waals surface area contributed by atoms with Crippen LogP contribution in [-0.4, -0.2) is 21.6 Å². The normalized spacial score (nSPS) is 14.8. The Bertz CT molecular complexity index is 1220. The van der Waals surface area contributed by atoms with Gasteiger partial charge in [0.05, 0.1) is 5.82 Å². The Morgan fingerprint density at radius 2 is 1.37 bits per heavy atom. The van der Waals surface area contributed by atoms with Gasteiger partial charge >= 0.3 is 21.1 Å². The molecule has 146 valence electrons. The third-order valence-corrected chi connectivity index (χ3v) is 4.44. The molecule has 30 heavy (non-hydrogen) atoms. The molecular weight excluding hydrogens is 553 g/mol. The SMILES string of the molecule is [Pt+2].[c-]1c(N=C2[N-]C(=Nc3ccccn3)c3ccccc32)cccc1-c1ccccn1. The topological polar surface area (TPSA) is 64.6 Å². The van der Waals surface area contributed by atoms with Crippen molar-refractivity contribution in [1.29, 1.82) is 0 Å². The van der Waals surface area contributed by atoms with Crippen molar-refractivity contribution in [2.24, 2.45) is 9.98 Å². The van der Waals surface area contributed by atoms with Gasteiger partial charge in [-0.1, -0.05) is 48.2 Å². The summed E-state index contributed by atoms with van der Waals surface area (Å²) in [6, 6.07) is 28.5.